The van der Waals surface area contributed by atoms with Crippen molar-refractivity contribution >= 4 is 17.2 Å². The summed E-state index contributed by atoms with van der Waals surface area (Å²) < 4.78 is 3.77. The average Bonchev–Trinajstić information content (AvgIpc) is 3.16. The van der Waals surface area contributed by atoms with Crippen LogP contribution in [0.2, 0.25) is 0 Å². The van der Waals surface area contributed by atoms with Gasteiger partial charge in [-0.1, -0.05) is 18.2 Å². The van der Waals surface area contributed by atoms with E-state index in [4.69, 9.17) is 0 Å². The monoisotopic (exact) mass is 317 g/mol. The molecule has 4 aromatic rings. The van der Waals surface area contributed by atoms with Gasteiger partial charge in [-0.15, -0.1) is 0 Å². The zero-order valence-corrected chi connectivity index (χ0v) is 13.0. The fraction of sp³-hybridized carbons (Fsp3) is 0.0526. The number of carbonyl (C=O) groups excluding carboxylic acids is 1. The van der Waals surface area contributed by atoms with Crippen LogP contribution in [0.25, 0.3) is 28.0 Å². The van der Waals surface area contributed by atoms with E-state index in [1.54, 1.807) is 23.0 Å². The number of fused-ring (bicyclic) bond motifs is 1. The van der Waals surface area contributed by atoms with Crippen molar-refractivity contribution < 1.29 is 9.90 Å². The number of hydrogen-bond acceptors (Lipinski definition) is 3. The van der Waals surface area contributed by atoms with Gasteiger partial charge in [-0.2, -0.15) is 5.10 Å². The molecule has 0 aliphatic heterocycles. The van der Waals surface area contributed by atoms with Gasteiger partial charge < -0.3 is 9.67 Å². The summed E-state index contributed by atoms with van der Waals surface area (Å²) in [4.78, 5) is 11.9. The Labute approximate surface area is 138 Å². The number of rotatable bonds is 3. The van der Waals surface area contributed by atoms with Gasteiger partial charge in [-0.05, 0) is 36.4 Å². The van der Waals surface area contributed by atoms with Crippen LogP contribution in [0.5, 0.6) is 5.75 Å². The Balaban J connectivity index is 2.16. The van der Waals surface area contributed by atoms with Crippen LogP contribution >= 0.6 is 0 Å². The van der Waals surface area contributed by atoms with E-state index in [0.29, 0.717) is 5.56 Å². The molecule has 5 nitrogen and oxygen atoms in total. The van der Waals surface area contributed by atoms with Gasteiger partial charge >= 0.3 is 0 Å². The Morgan fingerprint density at radius 3 is 2.46 bits per heavy atom. The van der Waals surface area contributed by atoms with Gasteiger partial charge in [0.25, 0.3) is 0 Å². The van der Waals surface area contributed by atoms with Crippen LogP contribution in [0.15, 0.2) is 60.8 Å². The maximum absolute atomic E-state index is 11.9. The molecular weight excluding hydrogens is 302 g/mol. The fourth-order valence-corrected chi connectivity index (χ4v) is 3.11. The molecule has 118 valence electrons. The molecule has 0 aliphatic rings. The second-order valence-electron chi connectivity index (χ2n) is 5.59. The van der Waals surface area contributed by atoms with E-state index in [1.807, 2.05) is 54.1 Å². The summed E-state index contributed by atoms with van der Waals surface area (Å²) >= 11 is 0. The SMILES string of the molecule is Cn1nccc1-c1c(C=O)c2ccccc2n1-c1ccc(O)cc1. The van der Waals surface area contributed by atoms with Crippen molar-refractivity contribution in [2.45, 2.75) is 0 Å². The number of phenolic OH excluding ortho intramolecular Hbond substituents is 1. The zero-order chi connectivity index (χ0) is 16.7. The van der Waals surface area contributed by atoms with Crippen molar-refractivity contribution in [3.8, 4) is 22.8 Å². The molecule has 5 heteroatoms. The summed E-state index contributed by atoms with van der Waals surface area (Å²) in [6.45, 7) is 0. The van der Waals surface area contributed by atoms with Crippen molar-refractivity contribution in [2.24, 2.45) is 7.05 Å². The lowest BCUT2D eigenvalue weighted by Crippen LogP contribution is -2.02. The summed E-state index contributed by atoms with van der Waals surface area (Å²) in [5, 5.41) is 14.7. The summed E-state index contributed by atoms with van der Waals surface area (Å²) in [7, 11) is 1.85. The standard InChI is InChI=1S/C19H15N3O2/c1-21-18(10-11-20-21)19-16(12-23)15-4-2-3-5-17(15)22(19)13-6-8-14(24)9-7-13/h2-12,24H,1H3. The Bertz CT molecular complexity index is 1040. The smallest absolute Gasteiger partial charge is 0.152 e. The number of aromatic hydroxyl groups is 1. The highest BCUT2D eigenvalue weighted by Crippen LogP contribution is 2.35. The third kappa shape index (κ3) is 2.02. The second kappa shape index (κ2) is 5.38. The molecule has 0 spiro atoms. The number of carbonyl (C=O) groups is 1. The maximum Gasteiger partial charge on any atom is 0.152 e. The Morgan fingerprint density at radius 1 is 1.04 bits per heavy atom. The third-order valence-electron chi connectivity index (χ3n) is 4.20. The topological polar surface area (TPSA) is 60.0 Å². The van der Waals surface area contributed by atoms with Crippen molar-refractivity contribution in [2.75, 3.05) is 0 Å². The highest BCUT2D eigenvalue weighted by Gasteiger charge is 2.21. The second-order valence-corrected chi connectivity index (χ2v) is 5.59. The first kappa shape index (κ1) is 14.3. The van der Waals surface area contributed by atoms with Gasteiger partial charge in [0.05, 0.1) is 16.9 Å². The molecule has 4 rings (SSSR count). The highest BCUT2D eigenvalue weighted by atomic mass is 16.3. The van der Waals surface area contributed by atoms with Gasteiger partial charge in [-0.3, -0.25) is 9.48 Å². The number of hydrogen-bond donors (Lipinski definition) is 1. The van der Waals surface area contributed by atoms with Crippen molar-refractivity contribution in [3.63, 3.8) is 0 Å². The van der Waals surface area contributed by atoms with Gasteiger partial charge in [-0.25, -0.2) is 0 Å². The summed E-state index contributed by atoms with van der Waals surface area (Å²) in [6.07, 6.45) is 2.60. The number of nitrogens with zero attached hydrogens (tertiary/aromatic N) is 3. The van der Waals surface area contributed by atoms with Crippen LogP contribution in [-0.4, -0.2) is 25.7 Å². The number of aromatic nitrogens is 3. The molecule has 0 unspecified atom stereocenters. The highest BCUT2D eigenvalue weighted by molar-refractivity contribution is 6.05. The van der Waals surface area contributed by atoms with E-state index in [0.717, 1.165) is 34.3 Å². The predicted molar refractivity (Wildman–Crippen MR) is 92.5 cm³/mol. The number of aldehydes is 1. The summed E-state index contributed by atoms with van der Waals surface area (Å²) in [5.74, 6) is 0.202. The van der Waals surface area contributed by atoms with Gasteiger partial charge in [0.2, 0.25) is 0 Å². The van der Waals surface area contributed by atoms with E-state index in [-0.39, 0.29) is 5.75 Å². The number of aryl methyl sites for hydroxylation is 1. The lowest BCUT2D eigenvalue weighted by atomic mass is 10.1. The lowest BCUT2D eigenvalue weighted by Gasteiger charge is -2.12. The first-order valence-electron chi connectivity index (χ1n) is 7.57. The molecule has 0 radical (unpaired) electrons. The summed E-state index contributed by atoms with van der Waals surface area (Å²) in [5.41, 5.74) is 4.07. The normalized spacial score (nSPS) is 11.0. The molecule has 2 heterocycles. The van der Waals surface area contributed by atoms with Crippen molar-refractivity contribution in [1.29, 1.82) is 0 Å². The first-order chi connectivity index (χ1) is 11.7. The first-order valence-corrected chi connectivity index (χ1v) is 7.57. The van der Waals surface area contributed by atoms with Crippen LogP contribution in [0.3, 0.4) is 0 Å². The largest absolute Gasteiger partial charge is 0.508 e. The molecule has 2 aromatic carbocycles. The molecule has 0 amide bonds. The predicted octanol–water partition coefficient (Wildman–Crippen LogP) is 3.55. The molecule has 0 bridgehead atoms. The third-order valence-corrected chi connectivity index (χ3v) is 4.20. The number of phenols is 1. The van der Waals surface area contributed by atoms with Crippen LogP contribution in [-0.2, 0) is 7.05 Å². The van der Waals surface area contributed by atoms with E-state index in [9.17, 15) is 9.90 Å². The molecule has 0 saturated carbocycles. The van der Waals surface area contributed by atoms with Crippen LogP contribution in [0.1, 0.15) is 10.4 Å². The minimum absolute atomic E-state index is 0.202. The van der Waals surface area contributed by atoms with E-state index in [2.05, 4.69) is 5.10 Å². The quantitative estimate of drug-likeness (QED) is 0.588. The molecule has 0 saturated heterocycles. The van der Waals surface area contributed by atoms with Crippen molar-refractivity contribution in [3.05, 3.63) is 66.4 Å². The minimum Gasteiger partial charge on any atom is -0.508 e. The average molecular weight is 317 g/mol. The zero-order valence-electron chi connectivity index (χ0n) is 13.0. The van der Waals surface area contributed by atoms with Gasteiger partial charge in [0, 0.05) is 29.9 Å². The molecule has 1 N–H and O–H groups in total. The van der Waals surface area contributed by atoms with Crippen LogP contribution in [0.4, 0.5) is 0 Å². The molecule has 24 heavy (non-hydrogen) atoms. The van der Waals surface area contributed by atoms with E-state index in [1.165, 1.54) is 0 Å². The number of para-hydroxylation sites is 1. The lowest BCUT2D eigenvalue weighted by molar-refractivity contribution is 0.112. The van der Waals surface area contributed by atoms with E-state index < -0.39 is 0 Å². The molecule has 2 aromatic heterocycles. The van der Waals surface area contributed by atoms with E-state index >= 15 is 0 Å². The van der Waals surface area contributed by atoms with Gasteiger partial charge in [0.1, 0.15) is 5.75 Å². The summed E-state index contributed by atoms with van der Waals surface area (Å²) in [6, 6.07) is 16.6. The molecular formula is C19H15N3O2. The Hall–Kier alpha value is -3.34. The fourth-order valence-electron chi connectivity index (χ4n) is 3.11. The Morgan fingerprint density at radius 2 is 1.79 bits per heavy atom. The van der Waals surface area contributed by atoms with Crippen molar-refractivity contribution in [1.82, 2.24) is 14.3 Å². The molecule has 0 fully saturated rings. The van der Waals surface area contributed by atoms with Gasteiger partial charge in [0.15, 0.2) is 6.29 Å². The Kier molecular flexibility index (Phi) is 3.20. The minimum atomic E-state index is 0.202. The molecule has 0 aliphatic carbocycles. The van der Waals surface area contributed by atoms with Crippen LogP contribution < -0.4 is 0 Å². The van der Waals surface area contributed by atoms with Crippen LogP contribution in [0, 0.1) is 0 Å². The maximum atomic E-state index is 11.9. The number of benzene rings is 2. The molecule has 0 atom stereocenters.